The molecule has 0 atom stereocenters. The van der Waals surface area contributed by atoms with Crippen molar-refractivity contribution in [3.63, 3.8) is 0 Å². The topological polar surface area (TPSA) is 12.0 Å². The highest BCUT2D eigenvalue weighted by Gasteiger charge is 2.05. The molecule has 0 fully saturated rings. The number of anilines is 1. The van der Waals surface area contributed by atoms with Gasteiger partial charge >= 0.3 is 0 Å². The van der Waals surface area contributed by atoms with Crippen molar-refractivity contribution in [3.05, 3.63) is 26.8 Å². The lowest BCUT2D eigenvalue weighted by Gasteiger charge is -2.17. The molecule has 1 aromatic carbocycles. The molecule has 0 unspecified atom stereocenters. The molecule has 0 spiro atoms. The Hall–Kier alpha value is 0.0400. The summed E-state index contributed by atoms with van der Waals surface area (Å²) in [5, 5.41) is 4.30. The third-order valence-electron chi connectivity index (χ3n) is 2.28. The van der Waals surface area contributed by atoms with Crippen molar-refractivity contribution in [1.29, 1.82) is 0 Å². The van der Waals surface area contributed by atoms with Crippen LogP contribution in [0.15, 0.2) is 18.2 Å². The van der Waals surface area contributed by atoms with Gasteiger partial charge in [-0.05, 0) is 53.6 Å². The first kappa shape index (κ1) is 12.1. The fourth-order valence-electron chi connectivity index (χ4n) is 1.32. The van der Waals surface area contributed by atoms with Gasteiger partial charge < -0.3 is 5.32 Å². The molecule has 0 aliphatic heterocycles. The molecule has 0 aliphatic carbocycles. The van der Waals surface area contributed by atoms with Gasteiger partial charge in [0.1, 0.15) is 0 Å². The molecule has 1 N–H and O–H groups in total. The van der Waals surface area contributed by atoms with Crippen molar-refractivity contribution >= 4 is 39.9 Å². The molecule has 1 rings (SSSR count). The van der Waals surface area contributed by atoms with Gasteiger partial charge in [-0.15, -0.1) is 0 Å². The van der Waals surface area contributed by atoms with Crippen LogP contribution in [-0.2, 0) is 0 Å². The minimum absolute atomic E-state index is 0.560. The van der Waals surface area contributed by atoms with Crippen LogP contribution in [0.1, 0.15) is 26.7 Å². The van der Waals surface area contributed by atoms with Crippen LogP contribution in [0.2, 0.25) is 5.02 Å². The van der Waals surface area contributed by atoms with E-state index in [9.17, 15) is 0 Å². The maximum atomic E-state index is 5.89. The fraction of sp³-hybridized carbons (Fsp3) is 0.455. The third kappa shape index (κ3) is 3.31. The van der Waals surface area contributed by atoms with Crippen LogP contribution in [0, 0.1) is 3.57 Å². The minimum Gasteiger partial charge on any atom is -0.381 e. The zero-order valence-electron chi connectivity index (χ0n) is 8.48. The van der Waals surface area contributed by atoms with E-state index in [1.54, 1.807) is 0 Å². The SMILES string of the molecule is CCC(CC)Nc1ccc(Cl)cc1I. The number of rotatable bonds is 4. The maximum Gasteiger partial charge on any atom is 0.0479 e. The fourth-order valence-corrected chi connectivity index (χ4v) is 2.35. The summed E-state index contributed by atoms with van der Waals surface area (Å²) in [6.07, 6.45) is 2.30. The predicted molar refractivity (Wildman–Crippen MR) is 72.2 cm³/mol. The third-order valence-corrected chi connectivity index (χ3v) is 3.40. The van der Waals surface area contributed by atoms with Crippen molar-refractivity contribution in [2.24, 2.45) is 0 Å². The van der Waals surface area contributed by atoms with E-state index in [0.717, 1.165) is 17.9 Å². The quantitative estimate of drug-likeness (QED) is 0.802. The molecule has 78 valence electrons. The summed E-state index contributed by atoms with van der Waals surface area (Å²) >= 11 is 8.19. The second kappa shape index (κ2) is 5.81. The van der Waals surface area contributed by atoms with E-state index in [0.29, 0.717) is 6.04 Å². The Morgan fingerprint density at radius 2 is 2.00 bits per heavy atom. The maximum absolute atomic E-state index is 5.89. The standard InChI is InChI=1S/C11H15ClIN/c1-3-9(4-2)14-11-6-5-8(12)7-10(11)13/h5-7,9,14H,3-4H2,1-2H3. The van der Waals surface area contributed by atoms with Gasteiger partial charge in [-0.3, -0.25) is 0 Å². The highest BCUT2D eigenvalue weighted by Crippen LogP contribution is 2.23. The molecule has 0 saturated carbocycles. The van der Waals surface area contributed by atoms with Crippen molar-refractivity contribution in [2.75, 3.05) is 5.32 Å². The highest BCUT2D eigenvalue weighted by molar-refractivity contribution is 14.1. The van der Waals surface area contributed by atoms with Gasteiger partial charge in [0.2, 0.25) is 0 Å². The zero-order chi connectivity index (χ0) is 10.6. The van der Waals surface area contributed by atoms with Gasteiger partial charge in [0, 0.05) is 20.3 Å². The number of nitrogens with one attached hydrogen (secondary N) is 1. The van der Waals surface area contributed by atoms with Crippen molar-refractivity contribution in [1.82, 2.24) is 0 Å². The van der Waals surface area contributed by atoms with E-state index in [4.69, 9.17) is 11.6 Å². The smallest absolute Gasteiger partial charge is 0.0479 e. The summed E-state index contributed by atoms with van der Waals surface area (Å²) in [6, 6.07) is 6.51. The largest absolute Gasteiger partial charge is 0.381 e. The molecule has 0 saturated heterocycles. The van der Waals surface area contributed by atoms with Gasteiger partial charge in [-0.1, -0.05) is 25.4 Å². The molecule has 0 amide bonds. The normalized spacial score (nSPS) is 10.6. The van der Waals surface area contributed by atoms with Crippen molar-refractivity contribution in [3.8, 4) is 0 Å². The number of halogens is 2. The van der Waals surface area contributed by atoms with Gasteiger partial charge in [0.05, 0.1) is 0 Å². The van der Waals surface area contributed by atoms with Crippen LogP contribution < -0.4 is 5.32 Å². The summed E-state index contributed by atoms with van der Waals surface area (Å²) < 4.78 is 1.18. The Balaban J connectivity index is 2.76. The van der Waals surface area contributed by atoms with E-state index < -0.39 is 0 Å². The number of hydrogen-bond acceptors (Lipinski definition) is 1. The second-order valence-corrected chi connectivity index (χ2v) is 4.88. The first-order valence-electron chi connectivity index (χ1n) is 4.89. The van der Waals surface area contributed by atoms with Gasteiger partial charge in [0.25, 0.3) is 0 Å². The summed E-state index contributed by atoms with van der Waals surface area (Å²) in [7, 11) is 0. The Morgan fingerprint density at radius 3 is 2.50 bits per heavy atom. The van der Waals surface area contributed by atoms with Crippen molar-refractivity contribution in [2.45, 2.75) is 32.7 Å². The van der Waals surface area contributed by atoms with E-state index in [-0.39, 0.29) is 0 Å². The summed E-state index contributed by atoms with van der Waals surface area (Å²) in [4.78, 5) is 0. The lowest BCUT2D eigenvalue weighted by molar-refractivity contribution is 0.671. The summed E-state index contributed by atoms with van der Waals surface area (Å²) in [6.45, 7) is 4.40. The van der Waals surface area contributed by atoms with Crippen molar-refractivity contribution < 1.29 is 0 Å². The molecular weight excluding hydrogens is 308 g/mol. The monoisotopic (exact) mass is 323 g/mol. The Morgan fingerprint density at radius 1 is 1.36 bits per heavy atom. The second-order valence-electron chi connectivity index (χ2n) is 3.28. The first-order valence-corrected chi connectivity index (χ1v) is 6.34. The average Bonchev–Trinajstić information content (AvgIpc) is 2.17. The lowest BCUT2D eigenvalue weighted by Crippen LogP contribution is -2.17. The lowest BCUT2D eigenvalue weighted by atomic mass is 10.1. The number of benzene rings is 1. The Bertz CT molecular complexity index is 297. The summed E-state index contributed by atoms with van der Waals surface area (Å²) in [5.41, 5.74) is 1.18. The molecule has 0 bridgehead atoms. The van der Waals surface area contributed by atoms with E-state index >= 15 is 0 Å². The predicted octanol–water partition coefficient (Wildman–Crippen LogP) is 4.55. The molecule has 3 heteroatoms. The first-order chi connectivity index (χ1) is 6.67. The van der Waals surface area contributed by atoms with Crippen LogP contribution in [0.3, 0.4) is 0 Å². The molecule has 0 heterocycles. The molecule has 1 aromatic rings. The Labute approximate surface area is 104 Å². The molecule has 14 heavy (non-hydrogen) atoms. The van der Waals surface area contributed by atoms with Gasteiger partial charge in [0.15, 0.2) is 0 Å². The highest BCUT2D eigenvalue weighted by atomic mass is 127. The summed E-state index contributed by atoms with van der Waals surface area (Å²) in [5.74, 6) is 0. The minimum atomic E-state index is 0.560. The molecule has 1 nitrogen and oxygen atoms in total. The molecule has 0 radical (unpaired) electrons. The molecule has 0 aliphatic rings. The van der Waals surface area contributed by atoms with E-state index in [2.05, 4.69) is 41.8 Å². The van der Waals surface area contributed by atoms with Crippen LogP contribution in [-0.4, -0.2) is 6.04 Å². The molecular formula is C11H15ClIN. The zero-order valence-corrected chi connectivity index (χ0v) is 11.4. The van der Waals surface area contributed by atoms with Gasteiger partial charge in [-0.25, -0.2) is 0 Å². The van der Waals surface area contributed by atoms with E-state index in [1.807, 2.05) is 18.2 Å². The Kier molecular flexibility index (Phi) is 5.02. The average molecular weight is 324 g/mol. The number of hydrogen-bond donors (Lipinski definition) is 1. The van der Waals surface area contributed by atoms with Crippen LogP contribution in [0.5, 0.6) is 0 Å². The van der Waals surface area contributed by atoms with Crippen LogP contribution >= 0.6 is 34.2 Å². The van der Waals surface area contributed by atoms with Crippen LogP contribution in [0.4, 0.5) is 5.69 Å². The molecule has 0 aromatic heterocycles. The van der Waals surface area contributed by atoms with Gasteiger partial charge in [-0.2, -0.15) is 0 Å². The van der Waals surface area contributed by atoms with E-state index in [1.165, 1.54) is 9.26 Å². The van der Waals surface area contributed by atoms with Crippen LogP contribution in [0.25, 0.3) is 0 Å².